The predicted octanol–water partition coefficient (Wildman–Crippen LogP) is 0.677. The molecule has 2 rings (SSSR count). The van der Waals surface area contributed by atoms with E-state index in [2.05, 4.69) is 5.32 Å². The Morgan fingerprint density at radius 2 is 1.90 bits per heavy atom. The van der Waals surface area contributed by atoms with Crippen LogP contribution in [0.5, 0.6) is 0 Å². The van der Waals surface area contributed by atoms with Crippen LogP contribution in [-0.4, -0.2) is 67.7 Å². The van der Waals surface area contributed by atoms with Gasteiger partial charge < -0.3 is 19.9 Å². The molecule has 0 spiro atoms. The van der Waals surface area contributed by atoms with E-state index >= 15 is 0 Å². The van der Waals surface area contributed by atoms with Gasteiger partial charge in [0.25, 0.3) is 0 Å². The Bertz CT molecular complexity index is 335. The zero-order valence-corrected chi connectivity index (χ0v) is 12.3. The van der Waals surface area contributed by atoms with Gasteiger partial charge in [-0.2, -0.15) is 0 Å². The van der Waals surface area contributed by atoms with E-state index in [4.69, 9.17) is 4.74 Å². The highest BCUT2D eigenvalue weighted by Gasteiger charge is 2.26. The molecule has 2 amide bonds. The standard InChI is InChI=1S/C14H25N3O3/c1-2-20-14(19)17-8-6-16(7-9-17)13(18)10-12-4-3-5-15-11-12/h12,15H,2-11H2,1H3. The number of amides is 2. The third-order valence-electron chi connectivity index (χ3n) is 4.02. The molecule has 2 saturated heterocycles. The molecule has 1 atom stereocenters. The molecule has 6 heteroatoms. The van der Waals surface area contributed by atoms with Gasteiger partial charge in [0.15, 0.2) is 0 Å². The Morgan fingerprint density at radius 1 is 1.20 bits per heavy atom. The summed E-state index contributed by atoms with van der Waals surface area (Å²) in [6.45, 7) is 6.62. The van der Waals surface area contributed by atoms with Crippen LogP contribution in [0.3, 0.4) is 0 Å². The van der Waals surface area contributed by atoms with E-state index in [1.807, 2.05) is 4.90 Å². The number of hydrogen-bond acceptors (Lipinski definition) is 4. The molecule has 0 aromatic carbocycles. The van der Waals surface area contributed by atoms with Crippen molar-refractivity contribution in [3.8, 4) is 0 Å². The maximum absolute atomic E-state index is 12.2. The average molecular weight is 283 g/mol. The molecule has 114 valence electrons. The van der Waals surface area contributed by atoms with Gasteiger partial charge in [-0.15, -0.1) is 0 Å². The molecule has 1 N–H and O–H groups in total. The lowest BCUT2D eigenvalue weighted by Gasteiger charge is -2.35. The lowest BCUT2D eigenvalue weighted by Crippen LogP contribution is -2.51. The Labute approximate surface area is 120 Å². The molecule has 20 heavy (non-hydrogen) atoms. The van der Waals surface area contributed by atoms with Gasteiger partial charge in [0.05, 0.1) is 6.61 Å². The number of hydrogen-bond donors (Lipinski definition) is 1. The SMILES string of the molecule is CCOC(=O)N1CCN(C(=O)CC2CCCNC2)CC1. The quantitative estimate of drug-likeness (QED) is 0.827. The Kier molecular flexibility index (Phi) is 5.64. The van der Waals surface area contributed by atoms with Crippen LogP contribution in [0, 0.1) is 5.92 Å². The van der Waals surface area contributed by atoms with E-state index in [0.29, 0.717) is 45.1 Å². The first kappa shape index (κ1) is 15.1. The number of carbonyl (C=O) groups excluding carboxylic acids is 2. The molecule has 2 aliphatic rings. The van der Waals surface area contributed by atoms with Gasteiger partial charge in [-0.3, -0.25) is 4.79 Å². The van der Waals surface area contributed by atoms with E-state index in [1.165, 1.54) is 0 Å². The van der Waals surface area contributed by atoms with E-state index in [0.717, 1.165) is 25.9 Å². The topological polar surface area (TPSA) is 61.9 Å². The van der Waals surface area contributed by atoms with Crippen molar-refractivity contribution < 1.29 is 14.3 Å². The van der Waals surface area contributed by atoms with Gasteiger partial charge in [0.2, 0.25) is 5.91 Å². The van der Waals surface area contributed by atoms with Crippen molar-refractivity contribution in [2.75, 3.05) is 45.9 Å². The highest BCUT2D eigenvalue weighted by Crippen LogP contribution is 2.16. The molecule has 0 aromatic heterocycles. The molecule has 0 aliphatic carbocycles. The summed E-state index contributed by atoms with van der Waals surface area (Å²) in [5.74, 6) is 0.696. The second-order valence-electron chi connectivity index (χ2n) is 5.48. The Hall–Kier alpha value is -1.30. The first-order chi connectivity index (χ1) is 9.70. The molecular formula is C14H25N3O3. The average Bonchev–Trinajstić information content (AvgIpc) is 2.48. The lowest BCUT2D eigenvalue weighted by molar-refractivity contribution is -0.133. The number of nitrogens with zero attached hydrogens (tertiary/aromatic N) is 2. The molecule has 2 fully saturated rings. The fourth-order valence-electron chi connectivity index (χ4n) is 2.83. The van der Waals surface area contributed by atoms with Gasteiger partial charge in [0, 0.05) is 32.6 Å². The normalized spacial score (nSPS) is 23.6. The highest BCUT2D eigenvalue weighted by atomic mass is 16.6. The summed E-state index contributed by atoms with van der Waals surface area (Å²) in [5.41, 5.74) is 0. The zero-order chi connectivity index (χ0) is 14.4. The monoisotopic (exact) mass is 283 g/mol. The van der Waals surface area contributed by atoms with Crippen molar-refractivity contribution in [1.82, 2.24) is 15.1 Å². The minimum Gasteiger partial charge on any atom is -0.450 e. The first-order valence-electron chi connectivity index (χ1n) is 7.61. The van der Waals surface area contributed by atoms with Crippen LogP contribution in [0.1, 0.15) is 26.2 Å². The van der Waals surface area contributed by atoms with Gasteiger partial charge in [0.1, 0.15) is 0 Å². The summed E-state index contributed by atoms with van der Waals surface area (Å²) < 4.78 is 4.97. The summed E-state index contributed by atoms with van der Waals surface area (Å²) in [7, 11) is 0. The maximum Gasteiger partial charge on any atom is 0.409 e. The molecule has 2 aliphatic heterocycles. The van der Waals surface area contributed by atoms with Crippen molar-refractivity contribution in [2.45, 2.75) is 26.2 Å². The van der Waals surface area contributed by atoms with Crippen molar-refractivity contribution in [3.05, 3.63) is 0 Å². The van der Waals surface area contributed by atoms with Crippen LogP contribution in [0.15, 0.2) is 0 Å². The van der Waals surface area contributed by atoms with Gasteiger partial charge >= 0.3 is 6.09 Å². The molecule has 6 nitrogen and oxygen atoms in total. The van der Waals surface area contributed by atoms with Crippen molar-refractivity contribution in [2.24, 2.45) is 5.92 Å². The third kappa shape index (κ3) is 4.10. The zero-order valence-electron chi connectivity index (χ0n) is 12.3. The molecule has 1 unspecified atom stereocenters. The Balaban J connectivity index is 1.72. The summed E-state index contributed by atoms with van der Waals surface area (Å²) in [4.78, 5) is 27.4. The summed E-state index contributed by atoms with van der Waals surface area (Å²) in [5, 5.41) is 3.34. The highest BCUT2D eigenvalue weighted by molar-refractivity contribution is 5.77. The maximum atomic E-state index is 12.2. The minimum absolute atomic E-state index is 0.224. The number of nitrogens with one attached hydrogen (secondary N) is 1. The molecule has 2 heterocycles. The molecule has 0 saturated carbocycles. The van der Waals surface area contributed by atoms with Crippen LogP contribution in [0.4, 0.5) is 4.79 Å². The third-order valence-corrected chi connectivity index (χ3v) is 4.02. The van der Waals surface area contributed by atoms with Crippen molar-refractivity contribution in [3.63, 3.8) is 0 Å². The van der Waals surface area contributed by atoms with Crippen LogP contribution >= 0.6 is 0 Å². The van der Waals surface area contributed by atoms with Crippen molar-refractivity contribution >= 4 is 12.0 Å². The molecule has 0 radical (unpaired) electrons. The van der Waals surface area contributed by atoms with E-state index in [-0.39, 0.29) is 12.0 Å². The summed E-state index contributed by atoms with van der Waals surface area (Å²) in [6, 6.07) is 0. The van der Waals surface area contributed by atoms with Crippen LogP contribution < -0.4 is 5.32 Å². The smallest absolute Gasteiger partial charge is 0.409 e. The fraction of sp³-hybridized carbons (Fsp3) is 0.857. The predicted molar refractivity (Wildman–Crippen MR) is 75.4 cm³/mol. The number of carbonyl (C=O) groups is 2. The van der Waals surface area contributed by atoms with Gasteiger partial charge in [-0.25, -0.2) is 4.79 Å². The van der Waals surface area contributed by atoms with Crippen LogP contribution in [0.2, 0.25) is 0 Å². The van der Waals surface area contributed by atoms with Crippen LogP contribution in [-0.2, 0) is 9.53 Å². The van der Waals surface area contributed by atoms with E-state index in [9.17, 15) is 9.59 Å². The molecule has 0 aromatic rings. The van der Waals surface area contributed by atoms with E-state index < -0.39 is 0 Å². The number of rotatable bonds is 3. The fourth-order valence-corrected chi connectivity index (χ4v) is 2.83. The molecule has 0 bridgehead atoms. The Morgan fingerprint density at radius 3 is 2.50 bits per heavy atom. The second kappa shape index (κ2) is 7.47. The van der Waals surface area contributed by atoms with Crippen LogP contribution in [0.25, 0.3) is 0 Å². The van der Waals surface area contributed by atoms with Gasteiger partial charge in [-0.05, 0) is 38.8 Å². The second-order valence-corrected chi connectivity index (χ2v) is 5.48. The first-order valence-corrected chi connectivity index (χ1v) is 7.61. The lowest BCUT2D eigenvalue weighted by atomic mass is 9.95. The van der Waals surface area contributed by atoms with Gasteiger partial charge in [-0.1, -0.05) is 0 Å². The minimum atomic E-state index is -0.268. The van der Waals surface area contributed by atoms with Crippen molar-refractivity contribution in [1.29, 1.82) is 0 Å². The molecular weight excluding hydrogens is 258 g/mol. The number of ether oxygens (including phenoxy) is 1. The summed E-state index contributed by atoms with van der Waals surface area (Å²) >= 11 is 0. The number of piperazine rings is 1. The number of piperidine rings is 1. The largest absolute Gasteiger partial charge is 0.450 e. The van der Waals surface area contributed by atoms with E-state index in [1.54, 1.807) is 11.8 Å². The summed E-state index contributed by atoms with van der Waals surface area (Å²) in [6.07, 6.45) is 2.67.